The molecule has 22 heavy (non-hydrogen) atoms. The molecule has 0 saturated carbocycles. The van der Waals surface area contributed by atoms with E-state index < -0.39 is 0 Å². The standard InChI is InChI=1S/C16H15FN4S/c1-10-7-13-16(19-9-10)21(6-5-14(18)22)15(20-13)11-3-2-4-12(17)8-11/h2-4,7-9H,5-6H2,1H3,(H2,18,22). The van der Waals surface area contributed by atoms with Gasteiger partial charge in [-0.05, 0) is 30.7 Å². The maximum atomic E-state index is 13.5. The lowest BCUT2D eigenvalue weighted by Gasteiger charge is -2.08. The molecule has 1 aromatic carbocycles. The molecule has 4 nitrogen and oxygen atoms in total. The van der Waals surface area contributed by atoms with E-state index in [0.717, 1.165) is 16.7 Å². The first-order chi connectivity index (χ1) is 10.5. The average Bonchev–Trinajstić information content (AvgIpc) is 2.82. The molecule has 0 aliphatic heterocycles. The number of aryl methyl sites for hydroxylation is 2. The van der Waals surface area contributed by atoms with Gasteiger partial charge in [-0.25, -0.2) is 14.4 Å². The van der Waals surface area contributed by atoms with Crippen LogP contribution in [0.15, 0.2) is 36.5 Å². The second-order valence-corrected chi connectivity index (χ2v) is 5.69. The number of rotatable bonds is 4. The van der Waals surface area contributed by atoms with Crippen molar-refractivity contribution in [2.24, 2.45) is 5.73 Å². The Bertz CT molecular complexity index is 856. The van der Waals surface area contributed by atoms with E-state index in [1.807, 2.05) is 23.6 Å². The van der Waals surface area contributed by atoms with Crippen LogP contribution in [0.1, 0.15) is 12.0 Å². The molecule has 0 aliphatic carbocycles. The van der Waals surface area contributed by atoms with Gasteiger partial charge in [0.1, 0.15) is 17.2 Å². The fraction of sp³-hybridized carbons (Fsp3) is 0.188. The predicted octanol–water partition coefficient (Wildman–Crippen LogP) is 3.22. The molecule has 2 aromatic heterocycles. The third kappa shape index (κ3) is 2.82. The average molecular weight is 314 g/mol. The number of aromatic nitrogens is 3. The Hall–Kier alpha value is -2.34. The maximum Gasteiger partial charge on any atom is 0.160 e. The van der Waals surface area contributed by atoms with Crippen LogP contribution in [-0.4, -0.2) is 19.5 Å². The number of fused-ring (bicyclic) bond motifs is 1. The number of hydrogen-bond donors (Lipinski definition) is 1. The summed E-state index contributed by atoms with van der Waals surface area (Å²) >= 11 is 4.96. The number of pyridine rings is 1. The van der Waals surface area contributed by atoms with E-state index in [9.17, 15) is 4.39 Å². The number of nitrogens with zero attached hydrogens (tertiary/aromatic N) is 3. The number of thiocarbonyl (C=S) groups is 1. The van der Waals surface area contributed by atoms with E-state index in [4.69, 9.17) is 18.0 Å². The second-order valence-electron chi connectivity index (χ2n) is 5.17. The van der Waals surface area contributed by atoms with Crippen molar-refractivity contribution in [3.05, 3.63) is 47.9 Å². The Kier molecular flexibility index (Phi) is 3.85. The van der Waals surface area contributed by atoms with Crippen LogP contribution in [0.25, 0.3) is 22.6 Å². The van der Waals surface area contributed by atoms with E-state index >= 15 is 0 Å². The normalized spacial score (nSPS) is 11.0. The van der Waals surface area contributed by atoms with E-state index in [1.165, 1.54) is 12.1 Å². The van der Waals surface area contributed by atoms with Crippen LogP contribution in [-0.2, 0) is 6.54 Å². The van der Waals surface area contributed by atoms with Crippen molar-refractivity contribution in [3.8, 4) is 11.4 Å². The molecule has 112 valence electrons. The summed E-state index contributed by atoms with van der Waals surface area (Å²) < 4.78 is 15.5. The molecule has 0 amide bonds. The van der Waals surface area contributed by atoms with Crippen molar-refractivity contribution >= 4 is 28.4 Å². The quantitative estimate of drug-likeness (QED) is 0.751. The molecular formula is C16H15FN4S. The highest BCUT2D eigenvalue weighted by molar-refractivity contribution is 7.80. The number of hydrogen-bond acceptors (Lipinski definition) is 3. The maximum absolute atomic E-state index is 13.5. The first-order valence-corrected chi connectivity index (χ1v) is 7.32. The lowest BCUT2D eigenvalue weighted by molar-refractivity contribution is 0.628. The van der Waals surface area contributed by atoms with Gasteiger partial charge < -0.3 is 10.3 Å². The van der Waals surface area contributed by atoms with Crippen LogP contribution < -0.4 is 5.73 Å². The van der Waals surface area contributed by atoms with Crippen molar-refractivity contribution in [2.75, 3.05) is 0 Å². The molecule has 2 N–H and O–H groups in total. The van der Waals surface area contributed by atoms with Crippen molar-refractivity contribution in [1.82, 2.24) is 14.5 Å². The SMILES string of the molecule is Cc1cnc2c(c1)nc(-c1cccc(F)c1)n2CCC(N)=S. The zero-order chi connectivity index (χ0) is 15.7. The minimum absolute atomic E-state index is 0.297. The minimum Gasteiger partial charge on any atom is -0.393 e. The van der Waals surface area contributed by atoms with E-state index in [2.05, 4.69) is 9.97 Å². The fourth-order valence-electron chi connectivity index (χ4n) is 2.39. The second kappa shape index (κ2) is 5.81. The Morgan fingerprint density at radius 3 is 2.91 bits per heavy atom. The van der Waals surface area contributed by atoms with Gasteiger partial charge >= 0.3 is 0 Å². The third-order valence-electron chi connectivity index (χ3n) is 3.39. The van der Waals surface area contributed by atoms with Crippen molar-refractivity contribution in [2.45, 2.75) is 19.9 Å². The van der Waals surface area contributed by atoms with Gasteiger partial charge in [-0.1, -0.05) is 24.4 Å². The Morgan fingerprint density at radius 1 is 1.36 bits per heavy atom. The Labute approximate surface area is 132 Å². The van der Waals surface area contributed by atoms with E-state index in [1.54, 1.807) is 12.3 Å². The molecule has 2 heterocycles. The van der Waals surface area contributed by atoms with Gasteiger partial charge in [0.05, 0.1) is 4.99 Å². The molecule has 0 radical (unpaired) electrons. The largest absolute Gasteiger partial charge is 0.393 e. The fourth-order valence-corrected chi connectivity index (χ4v) is 2.48. The molecule has 0 unspecified atom stereocenters. The van der Waals surface area contributed by atoms with E-state index in [-0.39, 0.29) is 5.82 Å². The first kappa shape index (κ1) is 14.6. The summed E-state index contributed by atoms with van der Waals surface area (Å²) in [4.78, 5) is 9.49. The van der Waals surface area contributed by atoms with Crippen molar-refractivity contribution in [3.63, 3.8) is 0 Å². The molecule has 6 heteroatoms. The smallest absolute Gasteiger partial charge is 0.160 e. The zero-order valence-electron chi connectivity index (χ0n) is 12.1. The van der Waals surface area contributed by atoms with Gasteiger partial charge in [0.15, 0.2) is 5.65 Å². The van der Waals surface area contributed by atoms with Gasteiger partial charge in [-0.3, -0.25) is 0 Å². The number of halogens is 1. The Balaban J connectivity index is 2.18. The van der Waals surface area contributed by atoms with Gasteiger partial charge in [0.2, 0.25) is 0 Å². The number of nitrogens with two attached hydrogens (primary N) is 1. The van der Waals surface area contributed by atoms with E-state index in [0.29, 0.717) is 29.3 Å². The summed E-state index contributed by atoms with van der Waals surface area (Å²) in [6, 6.07) is 8.33. The molecule has 0 atom stereocenters. The molecular weight excluding hydrogens is 299 g/mol. The number of imidazole rings is 1. The highest BCUT2D eigenvalue weighted by Gasteiger charge is 2.14. The zero-order valence-corrected chi connectivity index (χ0v) is 12.9. The van der Waals surface area contributed by atoms with Gasteiger partial charge in [-0.15, -0.1) is 0 Å². The summed E-state index contributed by atoms with van der Waals surface area (Å²) in [6.07, 6.45) is 2.33. The molecule has 0 saturated heterocycles. The van der Waals surface area contributed by atoms with Gasteiger partial charge in [-0.2, -0.15) is 0 Å². The molecule has 0 spiro atoms. The summed E-state index contributed by atoms with van der Waals surface area (Å²) in [7, 11) is 0. The minimum atomic E-state index is -0.297. The molecule has 3 aromatic rings. The lowest BCUT2D eigenvalue weighted by atomic mass is 10.2. The van der Waals surface area contributed by atoms with Crippen LogP contribution in [0.2, 0.25) is 0 Å². The van der Waals surface area contributed by atoms with Crippen molar-refractivity contribution < 1.29 is 4.39 Å². The van der Waals surface area contributed by atoms with Crippen molar-refractivity contribution in [1.29, 1.82) is 0 Å². The third-order valence-corrected chi connectivity index (χ3v) is 3.59. The molecule has 3 rings (SSSR count). The molecule has 0 aliphatic rings. The number of benzene rings is 1. The first-order valence-electron chi connectivity index (χ1n) is 6.92. The van der Waals surface area contributed by atoms with Crippen LogP contribution in [0, 0.1) is 12.7 Å². The van der Waals surface area contributed by atoms with Gasteiger partial charge in [0.25, 0.3) is 0 Å². The topological polar surface area (TPSA) is 56.7 Å². The summed E-state index contributed by atoms with van der Waals surface area (Å²) in [5, 5.41) is 0. The predicted molar refractivity (Wildman–Crippen MR) is 89.1 cm³/mol. The van der Waals surface area contributed by atoms with Crippen LogP contribution in [0.3, 0.4) is 0 Å². The molecule has 0 bridgehead atoms. The summed E-state index contributed by atoms with van der Waals surface area (Å²) in [5.41, 5.74) is 8.87. The van der Waals surface area contributed by atoms with Gasteiger partial charge in [0, 0.05) is 24.7 Å². The molecule has 0 fully saturated rings. The summed E-state index contributed by atoms with van der Waals surface area (Å²) in [5.74, 6) is 0.374. The van der Waals surface area contributed by atoms with Crippen LogP contribution in [0.4, 0.5) is 4.39 Å². The van der Waals surface area contributed by atoms with Crippen LogP contribution in [0.5, 0.6) is 0 Å². The monoisotopic (exact) mass is 314 g/mol. The summed E-state index contributed by atoms with van der Waals surface area (Å²) in [6.45, 7) is 2.52. The van der Waals surface area contributed by atoms with Crippen LogP contribution >= 0.6 is 12.2 Å². The highest BCUT2D eigenvalue weighted by Crippen LogP contribution is 2.25. The highest BCUT2D eigenvalue weighted by atomic mass is 32.1. The lowest BCUT2D eigenvalue weighted by Crippen LogP contribution is -2.12. The Morgan fingerprint density at radius 2 is 2.18 bits per heavy atom.